The van der Waals surface area contributed by atoms with Crippen LogP contribution in [0.1, 0.15) is 25.2 Å². The monoisotopic (exact) mass is 391 g/mol. The molecule has 0 bridgehead atoms. The fourth-order valence-corrected chi connectivity index (χ4v) is 5.13. The molecular formula is C17H21N5O2S2. The molecule has 0 radical (unpaired) electrons. The summed E-state index contributed by atoms with van der Waals surface area (Å²) in [6.07, 6.45) is 0. The van der Waals surface area contributed by atoms with E-state index in [4.69, 9.17) is 0 Å². The highest BCUT2D eigenvalue weighted by Crippen LogP contribution is 2.24. The van der Waals surface area contributed by atoms with Gasteiger partial charge < -0.3 is 0 Å². The van der Waals surface area contributed by atoms with Gasteiger partial charge in [-0.2, -0.15) is 0 Å². The molecule has 0 spiro atoms. The molecule has 0 fully saturated rings. The van der Waals surface area contributed by atoms with Gasteiger partial charge in [-0.25, -0.2) is 18.1 Å². The van der Waals surface area contributed by atoms with Gasteiger partial charge in [-0.05, 0) is 45.9 Å². The molecule has 7 nitrogen and oxygen atoms in total. The lowest BCUT2D eigenvalue weighted by Crippen LogP contribution is -2.45. The van der Waals surface area contributed by atoms with Gasteiger partial charge in [0.1, 0.15) is 0 Å². The molecule has 138 valence electrons. The van der Waals surface area contributed by atoms with Crippen LogP contribution in [0.4, 0.5) is 0 Å². The highest BCUT2D eigenvalue weighted by atomic mass is 32.2. The molecule has 2 heterocycles. The number of fused-ring (bicyclic) bond motifs is 1. The van der Waals surface area contributed by atoms with Gasteiger partial charge in [0.05, 0.1) is 4.90 Å². The van der Waals surface area contributed by atoms with Crippen LogP contribution in [0.2, 0.25) is 0 Å². The van der Waals surface area contributed by atoms with Crippen molar-refractivity contribution in [2.45, 2.75) is 43.3 Å². The summed E-state index contributed by atoms with van der Waals surface area (Å²) >= 11 is 1.44. The molecule has 0 unspecified atom stereocenters. The Morgan fingerprint density at radius 1 is 1.15 bits per heavy atom. The lowest BCUT2D eigenvalue weighted by Gasteiger charge is -2.25. The molecule has 1 N–H and O–H groups in total. The first-order valence-electron chi connectivity index (χ1n) is 8.09. The van der Waals surface area contributed by atoms with Crippen LogP contribution in [0.3, 0.4) is 0 Å². The average molecular weight is 392 g/mol. The maximum absolute atomic E-state index is 12.5. The highest BCUT2D eigenvalue weighted by Gasteiger charge is 2.27. The van der Waals surface area contributed by atoms with Crippen molar-refractivity contribution in [2.24, 2.45) is 0 Å². The molecule has 0 aliphatic carbocycles. The first-order chi connectivity index (χ1) is 12.2. The molecule has 0 atom stereocenters. The van der Waals surface area contributed by atoms with Gasteiger partial charge in [-0.3, -0.25) is 4.40 Å². The van der Waals surface area contributed by atoms with Gasteiger partial charge in [0, 0.05) is 22.7 Å². The van der Waals surface area contributed by atoms with Crippen molar-refractivity contribution in [1.82, 2.24) is 24.3 Å². The van der Waals surface area contributed by atoms with Crippen molar-refractivity contribution in [3.8, 4) is 0 Å². The number of hydrogen-bond acceptors (Lipinski definition) is 6. The van der Waals surface area contributed by atoms with Gasteiger partial charge in [-0.1, -0.05) is 30.0 Å². The van der Waals surface area contributed by atoms with Crippen molar-refractivity contribution in [3.63, 3.8) is 0 Å². The van der Waals surface area contributed by atoms with Gasteiger partial charge in [0.15, 0.2) is 5.16 Å². The molecule has 2 aromatic heterocycles. The minimum Gasteiger partial charge on any atom is -0.259 e. The summed E-state index contributed by atoms with van der Waals surface area (Å²) in [7, 11) is -3.58. The number of aromatic nitrogens is 4. The van der Waals surface area contributed by atoms with E-state index < -0.39 is 15.6 Å². The Morgan fingerprint density at radius 2 is 1.85 bits per heavy atom. The molecule has 3 rings (SSSR count). The largest absolute Gasteiger partial charge is 0.259 e. The zero-order chi connectivity index (χ0) is 18.9. The second-order valence-corrected chi connectivity index (χ2v) is 9.37. The molecule has 0 amide bonds. The standard InChI is InChI=1S/C17H21N5O2S2/c1-12-10-13(2)22-15(18-12)19-20-16(22)25-11-17(3,4)21-26(23,24)14-8-6-5-7-9-14/h5-10,21H,11H2,1-4H3. The number of rotatable bonds is 6. The van der Waals surface area contributed by atoms with Crippen molar-refractivity contribution < 1.29 is 8.42 Å². The van der Waals surface area contributed by atoms with E-state index in [1.165, 1.54) is 11.8 Å². The van der Waals surface area contributed by atoms with E-state index in [1.54, 1.807) is 30.3 Å². The lowest BCUT2D eigenvalue weighted by molar-refractivity contribution is 0.498. The third-order valence-corrected chi connectivity index (χ3v) is 6.79. The number of nitrogens with one attached hydrogen (secondary N) is 1. The van der Waals surface area contributed by atoms with E-state index in [0.717, 1.165) is 11.4 Å². The van der Waals surface area contributed by atoms with Crippen molar-refractivity contribution in [2.75, 3.05) is 5.75 Å². The maximum atomic E-state index is 12.5. The Kier molecular flexibility index (Phi) is 5.05. The molecule has 26 heavy (non-hydrogen) atoms. The first-order valence-corrected chi connectivity index (χ1v) is 10.6. The fraction of sp³-hybridized carbons (Fsp3) is 0.353. The number of nitrogens with zero attached hydrogens (tertiary/aromatic N) is 4. The quantitative estimate of drug-likeness (QED) is 0.650. The van der Waals surface area contributed by atoms with E-state index in [2.05, 4.69) is 19.9 Å². The Morgan fingerprint density at radius 3 is 2.54 bits per heavy atom. The summed E-state index contributed by atoms with van der Waals surface area (Å²) in [5.74, 6) is 1.04. The minimum atomic E-state index is -3.58. The predicted octanol–water partition coefficient (Wildman–Crippen LogP) is 2.59. The second-order valence-electron chi connectivity index (χ2n) is 6.75. The van der Waals surface area contributed by atoms with Crippen molar-refractivity contribution in [3.05, 3.63) is 47.8 Å². The van der Waals surface area contributed by atoms with Crippen LogP contribution in [-0.2, 0) is 10.0 Å². The van der Waals surface area contributed by atoms with E-state index in [1.807, 2.05) is 38.2 Å². The normalized spacial score (nSPS) is 12.6. The van der Waals surface area contributed by atoms with Gasteiger partial charge in [-0.15, -0.1) is 10.2 Å². The molecule has 1 aromatic carbocycles. The molecule has 0 aliphatic rings. The van der Waals surface area contributed by atoms with E-state index in [0.29, 0.717) is 16.7 Å². The van der Waals surface area contributed by atoms with Crippen LogP contribution in [0.15, 0.2) is 46.5 Å². The fourth-order valence-electron chi connectivity index (χ4n) is 2.59. The summed E-state index contributed by atoms with van der Waals surface area (Å²) in [5.41, 5.74) is 1.20. The molecule has 3 aromatic rings. The molecule has 0 saturated heterocycles. The topological polar surface area (TPSA) is 89.2 Å². The molecule has 0 saturated carbocycles. The van der Waals surface area contributed by atoms with Gasteiger partial charge in [0.25, 0.3) is 5.78 Å². The number of thioether (sulfide) groups is 1. The molecular weight excluding hydrogens is 370 g/mol. The number of hydrogen-bond donors (Lipinski definition) is 1. The Balaban J connectivity index is 1.77. The van der Waals surface area contributed by atoms with Crippen LogP contribution >= 0.6 is 11.8 Å². The summed E-state index contributed by atoms with van der Waals surface area (Å²) in [6.45, 7) is 7.58. The van der Waals surface area contributed by atoms with Crippen LogP contribution in [-0.4, -0.2) is 39.3 Å². The Hall–Kier alpha value is -1.97. The minimum absolute atomic E-state index is 0.251. The van der Waals surface area contributed by atoms with Gasteiger partial charge in [0.2, 0.25) is 10.0 Å². The number of sulfonamides is 1. The zero-order valence-corrected chi connectivity index (χ0v) is 16.7. The summed E-state index contributed by atoms with van der Waals surface area (Å²) in [6, 6.07) is 10.3. The average Bonchev–Trinajstić information content (AvgIpc) is 2.96. The van der Waals surface area contributed by atoms with Crippen molar-refractivity contribution >= 4 is 27.6 Å². The van der Waals surface area contributed by atoms with E-state index in [-0.39, 0.29) is 4.90 Å². The maximum Gasteiger partial charge on any atom is 0.256 e. The summed E-state index contributed by atoms with van der Waals surface area (Å²) in [5, 5.41) is 8.99. The van der Waals surface area contributed by atoms with Crippen LogP contribution < -0.4 is 4.72 Å². The lowest BCUT2D eigenvalue weighted by atomic mass is 10.1. The second kappa shape index (κ2) is 6.98. The summed E-state index contributed by atoms with van der Waals surface area (Å²) in [4.78, 5) is 4.62. The number of aryl methyl sites for hydroxylation is 2. The smallest absolute Gasteiger partial charge is 0.256 e. The van der Waals surface area contributed by atoms with E-state index >= 15 is 0 Å². The van der Waals surface area contributed by atoms with Gasteiger partial charge >= 0.3 is 0 Å². The SMILES string of the molecule is Cc1cc(C)n2c(SCC(C)(C)NS(=O)(=O)c3ccccc3)nnc2n1. The molecule has 9 heteroatoms. The Bertz CT molecular complexity index is 1030. The third-order valence-electron chi connectivity index (χ3n) is 3.69. The Labute approximate surface area is 157 Å². The summed E-state index contributed by atoms with van der Waals surface area (Å²) < 4.78 is 29.7. The first kappa shape index (κ1) is 18.8. The third kappa shape index (κ3) is 4.05. The zero-order valence-electron chi connectivity index (χ0n) is 15.1. The highest BCUT2D eigenvalue weighted by molar-refractivity contribution is 7.99. The number of benzene rings is 1. The van der Waals surface area contributed by atoms with Crippen molar-refractivity contribution in [1.29, 1.82) is 0 Å². The van der Waals surface area contributed by atoms with Crippen LogP contribution in [0.25, 0.3) is 5.78 Å². The van der Waals surface area contributed by atoms with Crippen LogP contribution in [0.5, 0.6) is 0 Å². The molecule has 0 aliphatic heterocycles. The van der Waals surface area contributed by atoms with E-state index in [9.17, 15) is 8.42 Å². The predicted molar refractivity (Wildman–Crippen MR) is 102 cm³/mol. The van der Waals surface area contributed by atoms with Crippen LogP contribution in [0, 0.1) is 13.8 Å².